The quantitative estimate of drug-likeness (QED) is 0.281. The number of pyridine rings is 1. The Kier molecular flexibility index (Phi) is 8.77. The van der Waals surface area contributed by atoms with Gasteiger partial charge in [-0.2, -0.15) is 4.98 Å². The van der Waals surface area contributed by atoms with E-state index in [4.69, 9.17) is 33.7 Å². The summed E-state index contributed by atoms with van der Waals surface area (Å²) in [6.07, 6.45) is 4.52. The molecule has 1 fully saturated rings. The van der Waals surface area contributed by atoms with Crippen molar-refractivity contribution in [3.8, 4) is 11.5 Å². The van der Waals surface area contributed by atoms with Gasteiger partial charge >= 0.3 is 7.12 Å². The highest BCUT2D eigenvalue weighted by Gasteiger charge is 2.52. The van der Waals surface area contributed by atoms with Crippen LogP contribution in [0, 0.1) is 0 Å². The van der Waals surface area contributed by atoms with E-state index in [0.29, 0.717) is 40.8 Å². The first-order valence-electron chi connectivity index (χ1n) is 13.8. The van der Waals surface area contributed by atoms with E-state index in [1.807, 2.05) is 58.9 Å². The predicted octanol–water partition coefficient (Wildman–Crippen LogP) is 4.31. The van der Waals surface area contributed by atoms with E-state index < -0.39 is 23.9 Å². The zero-order valence-electron chi connectivity index (χ0n) is 24.9. The molecular weight excluding hydrogens is 509 g/mol. The number of benzene rings is 1. The normalized spacial score (nSPS) is 17.5. The number of ether oxygens (including phenoxy) is 2. The smallest absolute Gasteiger partial charge is 0.496 e. The van der Waals surface area contributed by atoms with Crippen LogP contribution >= 0.6 is 0 Å². The average molecular weight is 551 g/mol. The van der Waals surface area contributed by atoms with Gasteiger partial charge in [-0.3, -0.25) is 4.98 Å². The number of aromatic nitrogens is 3. The Hall–Kier alpha value is -3.15. The summed E-state index contributed by atoms with van der Waals surface area (Å²) in [4.78, 5) is 14.3. The maximum atomic E-state index is 10.3. The van der Waals surface area contributed by atoms with E-state index >= 15 is 0 Å². The molecule has 1 aliphatic heterocycles. The molecule has 3 aromatic rings. The number of hydrogen-bond acceptors (Lipinski definition) is 10. The molecule has 216 valence electrons. The highest BCUT2D eigenvalue weighted by molar-refractivity contribution is 6.62. The number of unbranched alkanes of at least 4 members (excludes halogenated alkanes) is 1. The van der Waals surface area contributed by atoms with Crippen molar-refractivity contribution in [2.24, 2.45) is 0 Å². The van der Waals surface area contributed by atoms with Crippen molar-refractivity contribution in [1.29, 1.82) is 0 Å². The lowest BCUT2D eigenvalue weighted by molar-refractivity contribution is 0.00578. The minimum absolute atomic E-state index is 0.0453. The molecule has 11 heteroatoms. The van der Waals surface area contributed by atoms with Crippen molar-refractivity contribution in [2.75, 3.05) is 31.5 Å². The summed E-state index contributed by atoms with van der Waals surface area (Å²) >= 11 is 0. The van der Waals surface area contributed by atoms with Gasteiger partial charge in [0.05, 0.1) is 43.1 Å². The van der Waals surface area contributed by atoms with Crippen molar-refractivity contribution >= 4 is 35.4 Å². The summed E-state index contributed by atoms with van der Waals surface area (Å²) < 4.78 is 23.4. The van der Waals surface area contributed by atoms with Crippen LogP contribution in [0.3, 0.4) is 0 Å². The number of aliphatic hydroxyl groups is 1. The number of rotatable bonds is 12. The van der Waals surface area contributed by atoms with E-state index in [0.717, 1.165) is 30.3 Å². The second-order valence-electron chi connectivity index (χ2n) is 11.6. The van der Waals surface area contributed by atoms with Gasteiger partial charge in [0.1, 0.15) is 17.0 Å². The molecule has 0 unspecified atom stereocenters. The van der Waals surface area contributed by atoms with Crippen LogP contribution in [-0.4, -0.2) is 64.7 Å². The van der Waals surface area contributed by atoms with Crippen LogP contribution in [0.15, 0.2) is 30.5 Å². The summed E-state index contributed by atoms with van der Waals surface area (Å²) in [5.41, 5.74) is 1.41. The number of nitrogens with zero attached hydrogens (tertiary/aromatic N) is 3. The van der Waals surface area contributed by atoms with Gasteiger partial charge in [-0.15, -0.1) is 0 Å². The number of nitrogens with one attached hydrogen (secondary N) is 2. The molecule has 3 heterocycles. The van der Waals surface area contributed by atoms with Crippen LogP contribution in [0.25, 0.3) is 11.0 Å². The first-order valence-corrected chi connectivity index (χ1v) is 13.8. The third kappa shape index (κ3) is 6.26. The molecule has 3 N–H and O–H groups in total. The zero-order chi connectivity index (χ0) is 29.1. The summed E-state index contributed by atoms with van der Waals surface area (Å²) in [6.45, 7) is 12.6. The van der Waals surface area contributed by atoms with Crippen LogP contribution in [-0.2, 0) is 15.9 Å². The van der Waals surface area contributed by atoms with Gasteiger partial charge in [0.2, 0.25) is 5.95 Å². The van der Waals surface area contributed by atoms with E-state index in [1.54, 1.807) is 20.4 Å². The van der Waals surface area contributed by atoms with Crippen LogP contribution in [0.5, 0.6) is 11.5 Å². The molecule has 1 saturated heterocycles. The van der Waals surface area contributed by atoms with Crippen LogP contribution in [0.2, 0.25) is 0 Å². The first kappa shape index (κ1) is 29.8. The topological polar surface area (TPSA) is 120 Å². The van der Waals surface area contributed by atoms with Gasteiger partial charge in [0.25, 0.3) is 0 Å². The van der Waals surface area contributed by atoms with E-state index in [1.165, 1.54) is 0 Å². The van der Waals surface area contributed by atoms with Crippen LogP contribution in [0.4, 0.5) is 11.8 Å². The second-order valence-corrected chi connectivity index (χ2v) is 11.6. The molecule has 1 aromatic carbocycles. The molecule has 1 aliphatic rings. The molecule has 0 aliphatic carbocycles. The number of methoxy groups -OCH3 is 2. The van der Waals surface area contributed by atoms with Crippen molar-refractivity contribution < 1.29 is 23.9 Å². The van der Waals surface area contributed by atoms with E-state index in [-0.39, 0.29) is 6.61 Å². The Balaban J connectivity index is 1.71. The van der Waals surface area contributed by atoms with Crippen LogP contribution in [0.1, 0.15) is 66.4 Å². The molecule has 0 radical (unpaired) electrons. The molecule has 40 heavy (non-hydrogen) atoms. The third-order valence-corrected chi connectivity index (χ3v) is 7.86. The third-order valence-electron chi connectivity index (χ3n) is 7.86. The lowest BCUT2D eigenvalue weighted by Gasteiger charge is -2.32. The molecule has 0 spiro atoms. The number of hydrogen-bond donors (Lipinski definition) is 3. The monoisotopic (exact) mass is 551 g/mol. The molecule has 0 saturated carbocycles. The summed E-state index contributed by atoms with van der Waals surface area (Å²) in [7, 11) is 2.68. The molecule has 4 rings (SSSR count). The number of aliphatic hydroxyl groups excluding tert-OH is 1. The second kappa shape index (κ2) is 11.8. The van der Waals surface area contributed by atoms with Gasteiger partial charge in [-0.05, 0) is 59.2 Å². The van der Waals surface area contributed by atoms with Gasteiger partial charge in [0, 0.05) is 29.8 Å². The van der Waals surface area contributed by atoms with Gasteiger partial charge in [-0.25, -0.2) is 4.98 Å². The number of anilines is 2. The average Bonchev–Trinajstić information content (AvgIpc) is 3.16. The molecule has 2 aromatic heterocycles. The number of fused-ring (bicyclic) bond motifs is 1. The fourth-order valence-corrected chi connectivity index (χ4v) is 4.51. The maximum Gasteiger partial charge on any atom is 0.496 e. The molecule has 10 nitrogen and oxygen atoms in total. The Morgan fingerprint density at radius 3 is 2.40 bits per heavy atom. The van der Waals surface area contributed by atoms with E-state index in [2.05, 4.69) is 17.6 Å². The molecule has 0 bridgehead atoms. The highest BCUT2D eigenvalue weighted by Crippen LogP contribution is 2.37. The highest BCUT2D eigenvalue weighted by atomic mass is 16.7. The Morgan fingerprint density at radius 1 is 1.05 bits per heavy atom. The van der Waals surface area contributed by atoms with Crippen molar-refractivity contribution in [2.45, 2.75) is 84.1 Å². The fraction of sp³-hybridized carbons (Fsp3) is 0.552. The summed E-state index contributed by atoms with van der Waals surface area (Å²) in [6, 6.07) is 7.59. The summed E-state index contributed by atoms with van der Waals surface area (Å²) in [5.74, 6) is 2.37. The Bertz CT molecular complexity index is 1320. The lowest BCUT2D eigenvalue weighted by Crippen LogP contribution is -2.41. The fourth-order valence-electron chi connectivity index (χ4n) is 4.51. The van der Waals surface area contributed by atoms with Crippen molar-refractivity contribution in [3.63, 3.8) is 0 Å². The molecular formula is C29H42BN5O5. The zero-order valence-corrected chi connectivity index (χ0v) is 24.9. The SMILES string of the molecule is CCCC[C@](C)(CO)Nc1nc(NCc2ccc(OC)cc2OC)nc2cc(B3OC(C)(C)C(C)(C)O3)cnc12. The first-order chi connectivity index (χ1) is 18.9. The van der Waals surface area contributed by atoms with Crippen molar-refractivity contribution in [3.05, 3.63) is 36.0 Å². The van der Waals surface area contributed by atoms with Crippen molar-refractivity contribution in [1.82, 2.24) is 15.0 Å². The Labute approximate surface area is 237 Å². The van der Waals surface area contributed by atoms with E-state index in [9.17, 15) is 5.11 Å². The standard InChI is InChI=1S/C29H42BN5O5/c1-9-10-13-29(6,18-36)35-25-24-22(14-20(17-31-24)30-39-27(2,3)28(4,5)40-30)33-26(34-25)32-16-19-11-12-21(37-7)15-23(19)38-8/h11-12,14-15,17,36H,9-10,13,16,18H2,1-8H3,(H2,32,33,34,35)/t29-/m1/s1. The van der Waals surface area contributed by atoms with Gasteiger partial charge < -0.3 is 34.5 Å². The molecule has 1 atom stereocenters. The maximum absolute atomic E-state index is 10.3. The lowest BCUT2D eigenvalue weighted by atomic mass is 9.80. The minimum Gasteiger partial charge on any atom is -0.497 e. The minimum atomic E-state index is -0.570. The summed E-state index contributed by atoms with van der Waals surface area (Å²) in [5, 5.41) is 17.1. The molecule has 0 amide bonds. The van der Waals surface area contributed by atoms with Gasteiger partial charge in [-0.1, -0.05) is 19.8 Å². The van der Waals surface area contributed by atoms with Crippen LogP contribution < -0.4 is 25.6 Å². The van der Waals surface area contributed by atoms with Gasteiger partial charge in [0.15, 0.2) is 5.82 Å². The largest absolute Gasteiger partial charge is 0.497 e. The predicted molar refractivity (Wildman–Crippen MR) is 159 cm³/mol. The Morgan fingerprint density at radius 2 is 1.77 bits per heavy atom.